The molecule has 0 spiro atoms. The van der Waals surface area contributed by atoms with Crippen LogP contribution in [0.5, 0.6) is 0 Å². The van der Waals surface area contributed by atoms with Gasteiger partial charge in [-0.05, 0) is 6.07 Å². The lowest BCUT2D eigenvalue weighted by molar-refractivity contribution is 0.0691. The number of alkyl halides is 3. The molecular formula is C17H19ClF4N4O3. The quantitative estimate of drug-likeness (QED) is 0.667. The largest absolute Gasteiger partial charge is 0.477 e. The fourth-order valence-electron chi connectivity index (χ4n) is 3.13. The molecule has 2 aromatic heterocycles. The van der Waals surface area contributed by atoms with Gasteiger partial charge >= 0.3 is 5.97 Å². The Kier molecular flexibility index (Phi) is 7.06. The van der Waals surface area contributed by atoms with E-state index in [4.69, 9.17) is 0 Å². The Morgan fingerprint density at radius 2 is 1.79 bits per heavy atom. The monoisotopic (exact) mass is 438 g/mol. The van der Waals surface area contributed by atoms with Crippen LogP contribution in [-0.2, 0) is 5.54 Å². The number of carboxylic acids is 1. The fourth-order valence-corrected chi connectivity index (χ4v) is 3.13. The molecule has 7 nitrogen and oxygen atoms in total. The standard InChI is InChI=1S/C17H18F4N4O3.ClH/c18-7-17(8-19,9-20)25-6-11(16(27)28)13(26)10-5-12(21)15(23-14(10)25)24-3-1-22-2-4-24;/h5-6,22H,1-4,7-9H2,(H,27,28);1H. The first-order valence-electron chi connectivity index (χ1n) is 8.52. The molecule has 2 aromatic rings. The Balaban J connectivity index is 0.00000300. The van der Waals surface area contributed by atoms with Gasteiger partial charge < -0.3 is 19.9 Å². The summed E-state index contributed by atoms with van der Waals surface area (Å²) in [6.07, 6.45) is 0.665. The Morgan fingerprint density at radius 1 is 1.21 bits per heavy atom. The van der Waals surface area contributed by atoms with E-state index in [1.165, 1.54) is 0 Å². The smallest absolute Gasteiger partial charge is 0.341 e. The van der Waals surface area contributed by atoms with Crippen LogP contribution in [0.1, 0.15) is 10.4 Å². The van der Waals surface area contributed by atoms with Gasteiger partial charge in [0.1, 0.15) is 36.8 Å². The molecule has 0 aliphatic carbocycles. The van der Waals surface area contributed by atoms with E-state index in [1.54, 1.807) is 4.90 Å². The molecule has 0 radical (unpaired) electrons. The Bertz CT molecular complexity index is 954. The van der Waals surface area contributed by atoms with Crippen molar-refractivity contribution in [2.45, 2.75) is 5.54 Å². The molecular weight excluding hydrogens is 420 g/mol. The van der Waals surface area contributed by atoms with Gasteiger partial charge in [0.15, 0.2) is 11.6 Å². The zero-order valence-corrected chi connectivity index (χ0v) is 15.9. The SMILES string of the molecule is Cl.O=C(O)c1cn(C(CF)(CF)CF)c2nc(N3CCNCC3)c(F)cc2c1=O. The summed E-state index contributed by atoms with van der Waals surface area (Å²) in [5.41, 5.74) is -4.70. The van der Waals surface area contributed by atoms with Gasteiger partial charge in [-0.15, -0.1) is 12.4 Å². The normalized spacial score (nSPS) is 14.7. The fraction of sp³-hybridized carbons (Fsp3) is 0.471. The predicted molar refractivity (Wildman–Crippen MR) is 101 cm³/mol. The summed E-state index contributed by atoms with van der Waals surface area (Å²) in [6, 6.07) is 0.782. The van der Waals surface area contributed by atoms with Gasteiger partial charge in [-0.3, -0.25) is 4.79 Å². The number of rotatable bonds is 6. The van der Waals surface area contributed by atoms with Gasteiger partial charge in [-0.2, -0.15) is 0 Å². The second kappa shape index (κ2) is 8.95. The first kappa shape index (κ1) is 22.9. The highest BCUT2D eigenvalue weighted by Gasteiger charge is 2.36. The highest BCUT2D eigenvalue weighted by Crippen LogP contribution is 2.27. The Hall–Kier alpha value is -2.40. The number of hydrogen-bond donors (Lipinski definition) is 2. The summed E-state index contributed by atoms with van der Waals surface area (Å²) in [7, 11) is 0. The van der Waals surface area contributed by atoms with Crippen molar-refractivity contribution in [2.24, 2.45) is 0 Å². The van der Waals surface area contributed by atoms with Crippen molar-refractivity contribution in [1.29, 1.82) is 0 Å². The lowest BCUT2D eigenvalue weighted by atomic mass is 10.0. The molecule has 0 saturated carbocycles. The van der Waals surface area contributed by atoms with Crippen LogP contribution in [0.4, 0.5) is 23.4 Å². The van der Waals surface area contributed by atoms with E-state index in [9.17, 15) is 32.3 Å². The van der Waals surface area contributed by atoms with E-state index in [1.807, 2.05) is 0 Å². The van der Waals surface area contributed by atoms with E-state index < -0.39 is 53.7 Å². The minimum Gasteiger partial charge on any atom is -0.477 e. The van der Waals surface area contributed by atoms with E-state index in [-0.39, 0.29) is 23.9 Å². The van der Waals surface area contributed by atoms with Crippen LogP contribution >= 0.6 is 12.4 Å². The molecule has 1 saturated heterocycles. The van der Waals surface area contributed by atoms with E-state index in [0.717, 1.165) is 6.07 Å². The van der Waals surface area contributed by atoms with Crippen molar-refractivity contribution in [3.8, 4) is 0 Å². The second-order valence-electron chi connectivity index (χ2n) is 6.57. The van der Waals surface area contributed by atoms with Crippen LogP contribution in [0, 0.1) is 5.82 Å². The third kappa shape index (κ3) is 3.88. The van der Waals surface area contributed by atoms with Crippen LogP contribution in [-0.4, -0.2) is 66.8 Å². The number of halogens is 5. The maximum Gasteiger partial charge on any atom is 0.341 e. The van der Waals surface area contributed by atoms with Crippen LogP contribution in [0.3, 0.4) is 0 Å². The summed E-state index contributed by atoms with van der Waals surface area (Å²) >= 11 is 0. The van der Waals surface area contributed by atoms with Crippen LogP contribution in [0.25, 0.3) is 11.0 Å². The summed E-state index contributed by atoms with van der Waals surface area (Å²) in [6.45, 7) is -2.65. The molecule has 160 valence electrons. The molecule has 0 amide bonds. The molecule has 3 heterocycles. The molecule has 1 aliphatic rings. The topological polar surface area (TPSA) is 87.5 Å². The maximum atomic E-state index is 14.6. The summed E-state index contributed by atoms with van der Waals surface area (Å²) < 4.78 is 56.3. The highest BCUT2D eigenvalue weighted by atomic mass is 35.5. The third-order valence-electron chi connectivity index (χ3n) is 4.82. The van der Waals surface area contributed by atoms with Gasteiger partial charge in [0.25, 0.3) is 0 Å². The van der Waals surface area contributed by atoms with Crippen LogP contribution < -0.4 is 15.6 Å². The second-order valence-corrected chi connectivity index (χ2v) is 6.57. The zero-order chi connectivity index (χ0) is 20.5. The van der Waals surface area contributed by atoms with Gasteiger partial charge in [-0.25, -0.2) is 27.3 Å². The lowest BCUT2D eigenvalue weighted by Crippen LogP contribution is -2.45. The average molecular weight is 439 g/mol. The minimum absolute atomic E-state index is 0. The number of fused-ring (bicyclic) bond motifs is 1. The molecule has 0 bridgehead atoms. The number of nitrogens with zero attached hydrogens (tertiary/aromatic N) is 3. The number of hydrogen-bond acceptors (Lipinski definition) is 5. The number of carbonyl (C=O) groups is 1. The van der Waals surface area contributed by atoms with Crippen LogP contribution in [0.15, 0.2) is 17.1 Å². The van der Waals surface area contributed by atoms with Crippen molar-refractivity contribution in [3.05, 3.63) is 33.9 Å². The number of aromatic nitrogens is 2. The molecule has 0 atom stereocenters. The molecule has 2 N–H and O–H groups in total. The molecule has 3 rings (SSSR count). The Morgan fingerprint density at radius 3 is 2.31 bits per heavy atom. The number of piperazine rings is 1. The number of aromatic carboxylic acids is 1. The third-order valence-corrected chi connectivity index (χ3v) is 4.82. The summed E-state index contributed by atoms with van der Waals surface area (Å²) in [4.78, 5) is 29.5. The van der Waals surface area contributed by atoms with Crippen molar-refractivity contribution >= 4 is 35.2 Å². The first-order chi connectivity index (χ1) is 13.4. The first-order valence-corrected chi connectivity index (χ1v) is 8.52. The van der Waals surface area contributed by atoms with Gasteiger partial charge in [0, 0.05) is 32.4 Å². The van der Waals surface area contributed by atoms with E-state index in [0.29, 0.717) is 36.9 Å². The van der Waals surface area contributed by atoms with Crippen molar-refractivity contribution in [1.82, 2.24) is 14.9 Å². The Labute approximate surface area is 168 Å². The van der Waals surface area contributed by atoms with E-state index in [2.05, 4.69) is 10.3 Å². The molecule has 0 unspecified atom stereocenters. The highest BCUT2D eigenvalue weighted by molar-refractivity contribution is 5.92. The van der Waals surface area contributed by atoms with Gasteiger partial charge in [0.2, 0.25) is 5.43 Å². The summed E-state index contributed by atoms with van der Waals surface area (Å²) in [5.74, 6) is -2.72. The number of pyridine rings is 2. The maximum absolute atomic E-state index is 14.6. The van der Waals surface area contributed by atoms with Gasteiger partial charge in [0.05, 0.1) is 5.39 Å². The number of nitrogens with one attached hydrogen (secondary N) is 1. The lowest BCUT2D eigenvalue weighted by Gasteiger charge is -2.31. The van der Waals surface area contributed by atoms with Crippen molar-refractivity contribution in [2.75, 3.05) is 51.1 Å². The number of anilines is 1. The number of carboxylic acid groups (broad SMARTS) is 1. The average Bonchev–Trinajstić information content (AvgIpc) is 2.71. The molecule has 1 fully saturated rings. The molecule has 1 aliphatic heterocycles. The summed E-state index contributed by atoms with van der Waals surface area (Å²) in [5, 5.41) is 11.8. The van der Waals surface area contributed by atoms with Crippen molar-refractivity contribution < 1.29 is 27.5 Å². The zero-order valence-electron chi connectivity index (χ0n) is 15.1. The van der Waals surface area contributed by atoms with Crippen molar-refractivity contribution in [3.63, 3.8) is 0 Å². The van der Waals surface area contributed by atoms with E-state index >= 15 is 0 Å². The predicted octanol–water partition coefficient (Wildman–Crippen LogP) is 1.67. The molecule has 0 aromatic carbocycles. The van der Waals surface area contributed by atoms with Gasteiger partial charge in [-0.1, -0.05) is 0 Å². The molecule has 29 heavy (non-hydrogen) atoms. The minimum atomic E-state index is -2.40. The molecule has 12 heteroatoms. The van der Waals surface area contributed by atoms with Crippen LogP contribution in [0.2, 0.25) is 0 Å².